The number of rotatable bonds is 3. The minimum absolute atomic E-state index is 0.231. The van der Waals surface area contributed by atoms with Crippen molar-refractivity contribution in [2.24, 2.45) is 0 Å². The maximum absolute atomic E-state index is 9.32. The summed E-state index contributed by atoms with van der Waals surface area (Å²) in [5, 5.41) is 10.8. The van der Waals surface area contributed by atoms with Gasteiger partial charge in [0, 0.05) is 5.56 Å². The first-order valence-electron chi connectivity index (χ1n) is 5.21. The van der Waals surface area contributed by atoms with Crippen molar-refractivity contribution in [1.82, 2.24) is 29.9 Å². The maximum Gasteiger partial charge on any atom is 0.181 e. The Morgan fingerprint density at radius 3 is 2.74 bits per heavy atom. The van der Waals surface area contributed by atoms with Crippen LogP contribution in [0.2, 0.25) is 5.15 Å². The van der Waals surface area contributed by atoms with Gasteiger partial charge < -0.3 is 10.1 Å². The highest BCUT2D eigenvalue weighted by atomic mass is 35.5. The first kappa shape index (κ1) is 12.3. The fraction of sp³-hybridized carbons (Fsp3) is 0.100. The number of aromatic amines is 1. The number of nitrogens with one attached hydrogen (secondary N) is 1. The van der Waals surface area contributed by atoms with Crippen LogP contribution < -0.4 is 0 Å². The summed E-state index contributed by atoms with van der Waals surface area (Å²) in [5.74, 6) is 0. The van der Waals surface area contributed by atoms with E-state index < -0.39 is 0 Å². The number of hydrogen-bond donors (Lipinski definition) is 2. The molecule has 0 amide bonds. The monoisotopic (exact) mass is 294 g/mol. The van der Waals surface area contributed by atoms with E-state index in [1.54, 1.807) is 6.33 Å². The van der Waals surface area contributed by atoms with Gasteiger partial charge in [-0.2, -0.15) is 0 Å². The van der Waals surface area contributed by atoms with E-state index >= 15 is 0 Å². The summed E-state index contributed by atoms with van der Waals surface area (Å²) in [6.07, 6.45) is 4.31. The lowest BCUT2D eigenvalue weighted by Crippen LogP contribution is -1.96. The molecule has 2 N–H and O–H groups in total. The summed E-state index contributed by atoms with van der Waals surface area (Å²) < 4.78 is 0. The molecule has 0 unspecified atom stereocenters. The van der Waals surface area contributed by atoms with Crippen molar-refractivity contribution in [2.75, 3.05) is 0 Å². The van der Waals surface area contributed by atoms with Gasteiger partial charge >= 0.3 is 0 Å². The molecule has 0 aliphatic carbocycles. The molecular weight excluding hydrogens is 288 g/mol. The normalized spacial score (nSPS) is 11.1. The van der Waals surface area contributed by atoms with Crippen molar-refractivity contribution in [2.45, 2.75) is 16.7 Å². The van der Waals surface area contributed by atoms with Gasteiger partial charge in [0.25, 0.3) is 0 Å². The number of aromatic nitrogens is 6. The second-order valence-corrected chi connectivity index (χ2v) is 4.82. The number of hydrogen-bond acceptors (Lipinski definition) is 7. The van der Waals surface area contributed by atoms with Crippen LogP contribution in [-0.2, 0) is 6.61 Å². The largest absolute Gasteiger partial charge is 0.391 e. The zero-order valence-corrected chi connectivity index (χ0v) is 11.0. The predicted molar refractivity (Wildman–Crippen MR) is 68.8 cm³/mol. The third-order valence-electron chi connectivity index (χ3n) is 2.39. The molecule has 96 valence electrons. The molecule has 3 heterocycles. The summed E-state index contributed by atoms with van der Waals surface area (Å²) in [6.45, 7) is -0.237. The van der Waals surface area contributed by atoms with Crippen LogP contribution in [0.4, 0.5) is 0 Å². The molecule has 0 radical (unpaired) electrons. The zero-order chi connectivity index (χ0) is 13.2. The number of imidazole rings is 1. The Labute approximate surface area is 116 Å². The minimum atomic E-state index is -0.237. The molecule has 0 spiro atoms. The average molecular weight is 295 g/mol. The molecule has 0 aromatic carbocycles. The molecule has 0 aliphatic heterocycles. The van der Waals surface area contributed by atoms with E-state index in [0.29, 0.717) is 26.8 Å². The molecule has 0 bridgehead atoms. The van der Waals surface area contributed by atoms with Crippen LogP contribution in [0.1, 0.15) is 5.56 Å². The van der Waals surface area contributed by atoms with Crippen LogP contribution in [-0.4, -0.2) is 35.0 Å². The fourth-order valence-electron chi connectivity index (χ4n) is 1.51. The van der Waals surface area contributed by atoms with E-state index in [4.69, 9.17) is 11.6 Å². The number of aliphatic hydroxyl groups excluding tert-OH is 1. The van der Waals surface area contributed by atoms with Crippen molar-refractivity contribution in [1.29, 1.82) is 0 Å². The molecule has 0 fully saturated rings. The average Bonchev–Trinajstić information content (AvgIpc) is 2.88. The van der Waals surface area contributed by atoms with Crippen molar-refractivity contribution in [3.05, 3.63) is 29.7 Å². The van der Waals surface area contributed by atoms with Crippen molar-refractivity contribution in [3.8, 4) is 0 Å². The molecular formula is C10H7ClN6OS. The molecule has 3 rings (SSSR count). The van der Waals surface area contributed by atoms with Crippen LogP contribution in [0.25, 0.3) is 11.2 Å². The summed E-state index contributed by atoms with van der Waals surface area (Å²) in [4.78, 5) is 23.2. The Kier molecular flexibility index (Phi) is 3.28. The number of aliphatic hydroxyl groups is 1. The van der Waals surface area contributed by atoms with E-state index in [1.807, 2.05) is 0 Å². The van der Waals surface area contributed by atoms with Gasteiger partial charge in [-0.05, 0) is 11.8 Å². The Morgan fingerprint density at radius 1 is 1.11 bits per heavy atom. The predicted octanol–water partition coefficient (Wildman–Crippen LogP) is 1.44. The SMILES string of the molecule is OCc1c(Cl)ncnc1Sc1ncnc2nc[nH]c12. The van der Waals surface area contributed by atoms with E-state index in [1.165, 1.54) is 24.4 Å². The van der Waals surface area contributed by atoms with Gasteiger partial charge in [-0.3, -0.25) is 0 Å². The van der Waals surface area contributed by atoms with Gasteiger partial charge in [-0.25, -0.2) is 24.9 Å². The molecule has 0 aliphatic rings. The Morgan fingerprint density at radius 2 is 1.89 bits per heavy atom. The van der Waals surface area contributed by atoms with E-state index in [-0.39, 0.29) is 11.8 Å². The van der Waals surface area contributed by atoms with Crippen molar-refractivity contribution in [3.63, 3.8) is 0 Å². The minimum Gasteiger partial charge on any atom is -0.391 e. The lowest BCUT2D eigenvalue weighted by molar-refractivity contribution is 0.277. The van der Waals surface area contributed by atoms with Gasteiger partial charge in [0.2, 0.25) is 0 Å². The Bertz CT molecular complexity index is 733. The van der Waals surface area contributed by atoms with Gasteiger partial charge in [0.05, 0.1) is 12.9 Å². The van der Waals surface area contributed by atoms with Gasteiger partial charge in [-0.1, -0.05) is 11.6 Å². The third-order valence-corrected chi connectivity index (χ3v) is 3.77. The van der Waals surface area contributed by atoms with Crippen LogP contribution >= 0.6 is 23.4 Å². The van der Waals surface area contributed by atoms with Crippen LogP contribution in [0.3, 0.4) is 0 Å². The molecule has 3 aromatic heterocycles. The highest BCUT2D eigenvalue weighted by molar-refractivity contribution is 7.99. The Hall–Kier alpha value is -1.77. The maximum atomic E-state index is 9.32. The summed E-state index contributed by atoms with van der Waals surface area (Å²) >= 11 is 7.18. The van der Waals surface area contributed by atoms with Crippen LogP contribution in [0.15, 0.2) is 29.0 Å². The first-order valence-corrected chi connectivity index (χ1v) is 6.41. The second kappa shape index (κ2) is 5.08. The smallest absolute Gasteiger partial charge is 0.181 e. The van der Waals surface area contributed by atoms with E-state index in [2.05, 4.69) is 29.9 Å². The standard InChI is InChI=1S/C10H7ClN6OS/c11-7-5(1-18)9(16-3-13-7)19-10-6-8(14-2-12-6)15-4-17-10/h2-4,18H,1H2,(H,12,14,15,17). The van der Waals surface area contributed by atoms with E-state index in [0.717, 1.165) is 0 Å². The zero-order valence-electron chi connectivity index (χ0n) is 9.41. The van der Waals surface area contributed by atoms with Crippen molar-refractivity contribution < 1.29 is 5.11 Å². The molecule has 9 heteroatoms. The lowest BCUT2D eigenvalue weighted by Gasteiger charge is -2.06. The fourth-order valence-corrected chi connectivity index (χ4v) is 2.68. The first-order chi connectivity index (χ1) is 9.29. The van der Waals surface area contributed by atoms with Gasteiger partial charge in [-0.15, -0.1) is 0 Å². The van der Waals surface area contributed by atoms with Crippen LogP contribution in [0.5, 0.6) is 0 Å². The molecule has 0 saturated heterocycles. The third kappa shape index (κ3) is 2.25. The Balaban J connectivity index is 2.06. The van der Waals surface area contributed by atoms with Gasteiger partial charge in [0.1, 0.15) is 33.4 Å². The van der Waals surface area contributed by atoms with Crippen molar-refractivity contribution >= 4 is 34.5 Å². The summed E-state index contributed by atoms with van der Waals surface area (Å²) in [6, 6.07) is 0. The summed E-state index contributed by atoms with van der Waals surface area (Å²) in [7, 11) is 0. The quantitative estimate of drug-likeness (QED) is 0.705. The topological polar surface area (TPSA) is 100 Å². The van der Waals surface area contributed by atoms with E-state index in [9.17, 15) is 5.11 Å². The number of fused-ring (bicyclic) bond motifs is 1. The highest BCUT2D eigenvalue weighted by Gasteiger charge is 2.14. The molecule has 3 aromatic rings. The van der Waals surface area contributed by atoms with Crippen LogP contribution in [0, 0.1) is 0 Å². The highest BCUT2D eigenvalue weighted by Crippen LogP contribution is 2.32. The lowest BCUT2D eigenvalue weighted by atomic mass is 10.4. The molecule has 0 saturated carbocycles. The molecule has 7 nitrogen and oxygen atoms in total. The summed E-state index contributed by atoms with van der Waals surface area (Å²) in [5.41, 5.74) is 1.76. The molecule has 19 heavy (non-hydrogen) atoms. The number of H-pyrrole nitrogens is 1. The van der Waals surface area contributed by atoms with Gasteiger partial charge in [0.15, 0.2) is 5.65 Å². The number of nitrogens with zero attached hydrogens (tertiary/aromatic N) is 5. The number of halogens is 1. The second-order valence-electron chi connectivity index (χ2n) is 3.49. The molecule has 0 atom stereocenters.